The molecule has 0 saturated heterocycles. The second-order valence-electron chi connectivity index (χ2n) is 6.52. The van der Waals surface area contributed by atoms with E-state index in [2.05, 4.69) is 10.3 Å². The van der Waals surface area contributed by atoms with Gasteiger partial charge in [-0.2, -0.15) is 26.3 Å². The van der Waals surface area contributed by atoms with Crippen LogP contribution in [0.4, 0.5) is 26.3 Å². The van der Waals surface area contributed by atoms with Gasteiger partial charge in [0.25, 0.3) is 0 Å². The number of halogens is 6. The molecule has 0 fully saturated rings. The van der Waals surface area contributed by atoms with Gasteiger partial charge < -0.3 is 20.5 Å². The average Bonchev–Trinajstić information content (AvgIpc) is 2.95. The molecule has 1 heterocycles. The van der Waals surface area contributed by atoms with Crippen molar-refractivity contribution in [3.63, 3.8) is 0 Å². The number of carbonyl (C=O) groups is 1. The predicted molar refractivity (Wildman–Crippen MR) is 90.2 cm³/mol. The Morgan fingerprint density at radius 1 is 1.10 bits per heavy atom. The van der Waals surface area contributed by atoms with Crippen LogP contribution in [0.25, 0.3) is 0 Å². The summed E-state index contributed by atoms with van der Waals surface area (Å²) in [5, 5.41) is 22.0. The molecule has 4 N–H and O–H groups in total. The Kier molecular flexibility index (Phi) is 6.33. The van der Waals surface area contributed by atoms with Crippen LogP contribution in [0.15, 0.2) is 24.3 Å². The molecule has 29 heavy (non-hydrogen) atoms. The highest BCUT2D eigenvalue weighted by Crippen LogP contribution is 2.36. The van der Waals surface area contributed by atoms with E-state index in [-0.39, 0.29) is 11.3 Å². The van der Waals surface area contributed by atoms with Crippen LogP contribution >= 0.6 is 0 Å². The zero-order valence-electron chi connectivity index (χ0n) is 15.2. The Morgan fingerprint density at radius 3 is 2.10 bits per heavy atom. The van der Waals surface area contributed by atoms with Crippen LogP contribution in [0, 0.1) is 6.92 Å². The Hall–Kier alpha value is -2.53. The summed E-state index contributed by atoms with van der Waals surface area (Å²) < 4.78 is 77.7. The van der Waals surface area contributed by atoms with Crippen LogP contribution in [0.2, 0.25) is 0 Å². The highest BCUT2D eigenvalue weighted by Gasteiger charge is 2.40. The monoisotopic (exact) mass is 424 g/mol. The van der Waals surface area contributed by atoms with Gasteiger partial charge in [0, 0.05) is 24.0 Å². The highest BCUT2D eigenvalue weighted by atomic mass is 19.4. The van der Waals surface area contributed by atoms with Gasteiger partial charge >= 0.3 is 18.3 Å². The molecule has 0 aliphatic heterocycles. The topological polar surface area (TPSA) is 85.4 Å². The number of aromatic nitrogens is 1. The summed E-state index contributed by atoms with van der Waals surface area (Å²) in [6.45, 7) is 2.19. The second kappa shape index (κ2) is 8.07. The molecule has 2 atom stereocenters. The van der Waals surface area contributed by atoms with Crippen molar-refractivity contribution in [1.29, 1.82) is 0 Å². The molecule has 0 saturated carbocycles. The number of carboxylic acid groups (broad SMARTS) is 1. The number of hydrogen-bond donors (Lipinski definition) is 4. The van der Waals surface area contributed by atoms with Crippen molar-refractivity contribution in [2.24, 2.45) is 0 Å². The molecular formula is C18H18F6N2O3. The zero-order chi connectivity index (χ0) is 22.1. The number of aromatic carboxylic acids is 1. The lowest BCUT2D eigenvalue weighted by atomic mass is 10.0. The molecule has 0 aliphatic rings. The fraction of sp³-hybridized carbons (Fsp3) is 0.389. The predicted octanol–water partition coefficient (Wildman–Crippen LogP) is 4.27. The van der Waals surface area contributed by atoms with Crippen LogP contribution in [0.3, 0.4) is 0 Å². The van der Waals surface area contributed by atoms with Gasteiger partial charge in [-0.3, -0.25) is 0 Å². The largest absolute Gasteiger partial charge is 0.478 e. The molecule has 0 aliphatic carbocycles. The first-order chi connectivity index (χ1) is 13.2. The fourth-order valence-corrected chi connectivity index (χ4v) is 2.94. The third-order valence-corrected chi connectivity index (χ3v) is 4.42. The van der Waals surface area contributed by atoms with E-state index in [0.29, 0.717) is 0 Å². The lowest BCUT2D eigenvalue weighted by molar-refractivity contribution is -0.139. The molecule has 2 unspecified atom stereocenters. The highest BCUT2D eigenvalue weighted by molar-refractivity contribution is 5.91. The number of aromatic amines is 1. The van der Waals surface area contributed by atoms with Crippen LogP contribution in [-0.4, -0.2) is 27.2 Å². The average molecular weight is 424 g/mol. The minimum Gasteiger partial charge on any atom is -0.478 e. The quantitative estimate of drug-likeness (QED) is 0.522. The number of aryl methyl sites for hydroxylation is 1. The van der Waals surface area contributed by atoms with Crippen molar-refractivity contribution in [2.45, 2.75) is 44.9 Å². The molecule has 1 aromatic heterocycles. The van der Waals surface area contributed by atoms with Crippen molar-refractivity contribution in [3.8, 4) is 0 Å². The van der Waals surface area contributed by atoms with Crippen LogP contribution in [-0.2, 0) is 18.9 Å². The number of carboxylic acids is 1. The van der Waals surface area contributed by atoms with Gasteiger partial charge in [0.1, 0.15) is 0 Å². The SMILES string of the molecule is Cc1[nH]c(CNC(C)C(O)c2ccc(C(F)(F)F)cc2)c(C(F)(F)F)c1C(=O)O. The third kappa shape index (κ3) is 5.10. The number of rotatable bonds is 6. The Morgan fingerprint density at radius 2 is 1.66 bits per heavy atom. The van der Waals surface area contributed by atoms with Crippen molar-refractivity contribution >= 4 is 5.97 Å². The van der Waals surface area contributed by atoms with E-state index in [9.17, 15) is 36.2 Å². The first kappa shape index (κ1) is 22.8. The van der Waals surface area contributed by atoms with Gasteiger partial charge in [-0.25, -0.2) is 4.79 Å². The van der Waals surface area contributed by atoms with E-state index >= 15 is 0 Å². The van der Waals surface area contributed by atoms with Gasteiger partial charge in [-0.05, 0) is 31.5 Å². The van der Waals surface area contributed by atoms with Crippen molar-refractivity contribution in [2.75, 3.05) is 0 Å². The van der Waals surface area contributed by atoms with Crippen LogP contribution < -0.4 is 5.32 Å². The minimum atomic E-state index is -4.91. The maximum absolute atomic E-state index is 13.3. The molecule has 2 rings (SSSR count). The third-order valence-electron chi connectivity index (χ3n) is 4.42. The number of hydrogen-bond acceptors (Lipinski definition) is 3. The summed E-state index contributed by atoms with van der Waals surface area (Å²) in [5.41, 5.74) is -3.54. The standard InChI is InChI=1S/C18H18F6N2O3/c1-8-13(16(28)29)14(18(22,23)24)12(26-8)7-25-9(2)15(27)10-3-5-11(6-4-10)17(19,20)21/h3-6,9,15,25-27H,7H2,1-2H3,(H,28,29). The number of benzene rings is 1. The molecule has 11 heteroatoms. The van der Waals surface area contributed by atoms with Gasteiger partial charge in [0.15, 0.2) is 0 Å². The normalized spacial score (nSPS) is 14.7. The van der Waals surface area contributed by atoms with E-state index in [4.69, 9.17) is 5.11 Å². The van der Waals surface area contributed by atoms with E-state index in [1.165, 1.54) is 13.8 Å². The Balaban J connectivity index is 2.17. The van der Waals surface area contributed by atoms with Crippen molar-refractivity contribution in [3.05, 3.63) is 57.9 Å². The van der Waals surface area contributed by atoms with Gasteiger partial charge in [-0.15, -0.1) is 0 Å². The molecule has 0 amide bonds. The fourth-order valence-electron chi connectivity index (χ4n) is 2.94. The summed E-state index contributed by atoms with van der Waals surface area (Å²) in [4.78, 5) is 13.6. The number of alkyl halides is 6. The lowest BCUT2D eigenvalue weighted by Crippen LogP contribution is -2.32. The zero-order valence-corrected chi connectivity index (χ0v) is 15.2. The van der Waals surface area contributed by atoms with E-state index in [1.807, 2.05) is 0 Å². The number of H-pyrrole nitrogens is 1. The number of aliphatic hydroxyl groups excluding tert-OH is 1. The smallest absolute Gasteiger partial charge is 0.419 e. The molecule has 2 aromatic rings. The molecule has 0 bridgehead atoms. The molecule has 5 nitrogen and oxygen atoms in total. The first-order valence-corrected chi connectivity index (χ1v) is 8.34. The molecule has 0 radical (unpaired) electrons. The summed E-state index contributed by atoms with van der Waals surface area (Å²) in [6, 6.07) is 2.90. The molecule has 1 aromatic carbocycles. The number of aliphatic hydroxyl groups is 1. The maximum Gasteiger partial charge on any atom is 0.419 e. The first-order valence-electron chi connectivity index (χ1n) is 8.34. The molecular weight excluding hydrogens is 406 g/mol. The van der Waals surface area contributed by atoms with Crippen molar-refractivity contribution < 1.29 is 41.4 Å². The van der Waals surface area contributed by atoms with E-state index < -0.39 is 59.4 Å². The van der Waals surface area contributed by atoms with E-state index in [0.717, 1.165) is 24.3 Å². The lowest BCUT2D eigenvalue weighted by Gasteiger charge is -2.21. The van der Waals surface area contributed by atoms with E-state index in [1.54, 1.807) is 0 Å². The van der Waals surface area contributed by atoms with Crippen molar-refractivity contribution in [1.82, 2.24) is 10.3 Å². The summed E-state index contributed by atoms with van der Waals surface area (Å²) in [7, 11) is 0. The second-order valence-corrected chi connectivity index (χ2v) is 6.52. The van der Waals surface area contributed by atoms with Gasteiger partial charge in [0.05, 0.1) is 22.8 Å². The summed E-state index contributed by atoms with van der Waals surface area (Å²) in [6.07, 6.45) is -10.7. The van der Waals surface area contributed by atoms with Crippen LogP contribution in [0.1, 0.15) is 51.5 Å². The summed E-state index contributed by atoms with van der Waals surface area (Å²) >= 11 is 0. The van der Waals surface area contributed by atoms with Gasteiger partial charge in [-0.1, -0.05) is 12.1 Å². The Labute approximate surface area is 161 Å². The van der Waals surface area contributed by atoms with Crippen LogP contribution in [0.5, 0.6) is 0 Å². The summed E-state index contributed by atoms with van der Waals surface area (Å²) in [5.74, 6) is -1.73. The Bertz CT molecular complexity index is 871. The maximum atomic E-state index is 13.3. The molecule has 0 spiro atoms. The number of nitrogens with one attached hydrogen (secondary N) is 2. The molecule has 160 valence electrons. The van der Waals surface area contributed by atoms with Gasteiger partial charge in [0.2, 0.25) is 0 Å². The minimum absolute atomic E-state index is 0.142.